The number of carbonyl (C=O) groups is 3. The van der Waals surface area contributed by atoms with Crippen LogP contribution in [0.1, 0.15) is 111 Å². The van der Waals surface area contributed by atoms with Gasteiger partial charge in [0.15, 0.2) is 0 Å². The molecule has 0 unspecified atom stereocenters. The summed E-state index contributed by atoms with van der Waals surface area (Å²) in [5.74, 6) is -1.93. The van der Waals surface area contributed by atoms with Crippen molar-refractivity contribution in [2.45, 2.75) is 117 Å². The van der Waals surface area contributed by atoms with E-state index < -0.39 is 23.4 Å². The van der Waals surface area contributed by atoms with E-state index in [9.17, 15) is 14.4 Å². The molecule has 0 spiro atoms. The molecule has 0 heterocycles. The summed E-state index contributed by atoms with van der Waals surface area (Å²) < 4.78 is 10.2. The molecule has 0 rings (SSSR count). The molecule has 0 aromatic heterocycles. The Morgan fingerprint density at radius 2 is 1.03 bits per heavy atom. The molecule has 1 N–H and O–H groups in total. The Bertz CT molecular complexity index is 446. The van der Waals surface area contributed by atoms with Crippen LogP contribution in [-0.2, 0) is 23.9 Å². The van der Waals surface area contributed by atoms with Crippen molar-refractivity contribution >= 4 is 17.8 Å². The molecule has 0 aromatic carbocycles. The van der Waals surface area contributed by atoms with Crippen LogP contribution in [0.2, 0.25) is 0 Å². The molecular formula is C23H43NO5. The van der Waals surface area contributed by atoms with Crippen LogP contribution in [-0.4, -0.2) is 36.6 Å². The second-order valence-electron chi connectivity index (χ2n) is 7.67. The zero-order chi connectivity index (χ0) is 22.0. The van der Waals surface area contributed by atoms with Gasteiger partial charge in [-0.25, -0.2) is 9.59 Å². The zero-order valence-corrected chi connectivity index (χ0v) is 19.1. The van der Waals surface area contributed by atoms with Crippen molar-refractivity contribution in [1.29, 1.82) is 0 Å². The first-order chi connectivity index (χ1) is 13.9. The van der Waals surface area contributed by atoms with Gasteiger partial charge in [-0.05, 0) is 26.7 Å². The molecule has 0 fully saturated rings. The highest BCUT2D eigenvalue weighted by Gasteiger charge is 2.49. The lowest BCUT2D eigenvalue weighted by Crippen LogP contribution is -2.61. The zero-order valence-electron chi connectivity index (χ0n) is 19.1. The number of nitrogens with one attached hydrogen (secondary N) is 1. The average molecular weight is 414 g/mol. The molecule has 0 aliphatic carbocycles. The van der Waals surface area contributed by atoms with Crippen LogP contribution in [0.5, 0.6) is 0 Å². The minimum absolute atomic E-state index is 0.137. The van der Waals surface area contributed by atoms with E-state index in [0.717, 1.165) is 19.3 Å². The van der Waals surface area contributed by atoms with Gasteiger partial charge in [0.05, 0.1) is 13.2 Å². The molecule has 170 valence electrons. The normalized spacial score (nSPS) is 11.2. The number of ether oxygens (including phenoxy) is 2. The van der Waals surface area contributed by atoms with Crippen molar-refractivity contribution in [2.24, 2.45) is 0 Å². The number of amides is 1. The fourth-order valence-electron chi connectivity index (χ4n) is 3.49. The van der Waals surface area contributed by atoms with E-state index >= 15 is 0 Å². The summed E-state index contributed by atoms with van der Waals surface area (Å²) in [7, 11) is 0. The summed E-state index contributed by atoms with van der Waals surface area (Å²) >= 11 is 0. The van der Waals surface area contributed by atoms with Gasteiger partial charge in [-0.3, -0.25) is 4.79 Å². The summed E-state index contributed by atoms with van der Waals surface area (Å²) in [5.41, 5.74) is -1.74. The van der Waals surface area contributed by atoms with Crippen molar-refractivity contribution < 1.29 is 23.9 Å². The summed E-state index contributed by atoms with van der Waals surface area (Å²) in [5, 5.41) is 2.51. The lowest BCUT2D eigenvalue weighted by molar-refractivity contribution is -0.168. The lowest BCUT2D eigenvalue weighted by Gasteiger charge is -2.29. The van der Waals surface area contributed by atoms with Gasteiger partial charge in [0.25, 0.3) is 0 Å². The van der Waals surface area contributed by atoms with Crippen molar-refractivity contribution in [3.63, 3.8) is 0 Å². The fraction of sp³-hybridized carbons (Fsp3) is 0.870. The Labute approximate surface area is 177 Å². The maximum Gasteiger partial charge on any atom is 0.343 e. The lowest BCUT2D eigenvalue weighted by atomic mass is 9.91. The van der Waals surface area contributed by atoms with Crippen LogP contribution in [0.25, 0.3) is 0 Å². The number of hydrogen-bond acceptors (Lipinski definition) is 5. The first kappa shape index (κ1) is 27.4. The van der Waals surface area contributed by atoms with E-state index in [0.29, 0.717) is 6.42 Å². The number of unbranched alkanes of at least 4 members (excludes halogenated alkanes) is 11. The monoisotopic (exact) mass is 413 g/mol. The summed E-state index contributed by atoms with van der Waals surface area (Å²) in [4.78, 5) is 36.7. The second kappa shape index (κ2) is 17.3. The molecule has 1 amide bonds. The van der Waals surface area contributed by atoms with Crippen LogP contribution < -0.4 is 5.32 Å². The van der Waals surface area contributed by atoms with Crippen LogP contribution in [0.3, 0.4) is 0 Å². The highest BCUT2D eigenvalue weighted by Crippen LogP contribution is 2.21. The number of esters is 2. The Morgan fingerprint density at radius 3 is 1.38 bits per heavy atom. The van der Waals surface area contributed by atoms with Gasteiger partial charge in [0, 0.05) is 6.92 Å². The van der Waals surface area contributed by atoms with Gasteiger partial charge in [-0.15, -0.1) is 0 Å². The van der Waals surface area contributed by atoms with Crippen LogP contribution in [0, 0.1) is 0 Å². The molecule has 0 aliphatic heterocycles. The minimum Gasteiger partial charge on any atom is -0.464 e. The Hall–Kier alpha value is -1.59. The van der Waals surface area contributed by atoms with Gasteiger partial charge in [0.2, 0.25) is 11.4 Å². The molecule has 0 radical (unpaired) electrons. The SMILES string of the molecule is CCCCCCCCCCCCCCC(NC(C)=O)(C(=O)OCC)C(=O)OCC. The molecular weight excluding hydrogens is 370 g/mol. The Kier molecular flexibility index (Phi) is 16.3. The minimum atomic E-state index is -1.74. The molecule has 6 nitrogen and oxygen atoms in total. The number of hydrogen-bond donors (Lipinski definition) is 1. The summed E-state index contributed by atoms with van der Waals surface area (Å²) in [6.07, 6.45) is 14.4. The van der Waals surface area contributed by atoms with Gasteiger partial charge < -0.3 is 14.8 Å². The average Bonchev–Trinajstić information content (AvgIpc) is 2.67. The van der Waals surface area contributed by atoms with Gasteiger partial charge in [0.1, 0.15) is 0 Å². The first-order valence-electron chi connectivity index (χ1n) is 11.6. The molecule has 0 saturated carbocycles. The molecule has 0 aliphatic rings. The van der Waals surface area contributed by atoms with E-state index in [1.807, 2.05) is 0 Å². The maximum atomic E-state index is 12.5. The van der Waals surface area contributed by atoms with E-state index in [2.05, 4.69) is 12.2 Å². The van der Waals surface area contributed by atoms with Gasteiger partial charge in [-0.1, -0.05) is 77.6 Å². The van der Waals surface area contributed by atoms with Crippen molar-refractivity contribution in [2.75, 3.05) is 13.2 Å². The largest absolute Gasteiger partial charge is 0.464 e. The van der Waals surface area contributed by atoms with E-state index in [-0.39, 0.29) is 19.6 Å². The van der Waals surface area contributed by atoms with Crippen LogP contribution >= 0.6 is 0 Å². The third kappa shape index (κ3) is 11.9. The maximum absolute atomic E-state index is 12.5. The number of carbonyl (C=O) groups excluding carboxylic acids is 3. The van der Waals surface area contributed by atoms with E-state index in [4.69, 9.17) is 9.47 Å². The predicted molar refractivity (Wildman–Crippen MR) is 116 cm³/mol. The standard InChI is InChI=1S/C23H43NO5/c1-5-8-9-10-11-12-13-14-15-16-17-18-19-23(24-20(4)25,21(26)28-6-2)22(27)29-7-3/h5-19H2,1-4H3,(H,24,25). The summed E-state index contributed by atoms with van der Waals surface area (Å²) in [6.45, 7) is 7.14. The molecule has 0 aromatic rings. The van der Waals surface area contributed by atoms with Gasteiger partial charge in [-0.2, -0.15) is 0 Å². The van der Waals surface area contributed by atoms with E-state index in [1.165, 1.54) is 58.3 Å². The van der Waals surface area contributed by atoms with Crippen molar-refractivity contribution in [1.82, 2.24) is 5.32 Å². The van der Waals surface area contributed by atoms with Crippen LogP contribution in [0.4, 0.5) is 0 Å². The van der Waals surface area contributed by atoms with Crippen molar-refractivity contribution in [3.05, 3.63) is 0 Å². The summed E-state index contributed by atoms with van der Waals surface area (Å²) in [6, 6.07) is 0. The third-order valence-corrected chi connectivity index (χ3v) is 5.04. The molecule has 0 saturated heterocycles. The van der Waals surface area contributed by atoms with Crippen LogP contribution in [0.15, 0.2) is 0 Å². The van der Waals surface area contributed by atoms with E-state index in [1.54, 1.807) is 13.8 Å². The van der Waals surface area contributed by atoms with Crippen molar-refractivity contribution in [3.8, 4) is 0 Å². The highest BCUT2D eigenvalue weighted by atomic mass is 16.6. The Balaban J connectivity index is 4.37. The molecule has 29 heavy (non-hydrogen) atoms. The highest BCUT2D eigenvalue weighted by molar-refractivity contribution is 6.07. The smallest absolute Gasteiger partial charge is 0.343 e. The third-order valence-electron chi connectivity index (χ3n) is 5.04. The fourth-order valence-corrected chi connectivity index (χ4v) is 3.49. The number of rotatable bonds is 18. The molecule has 6 heteroatoms. The quantitative estimate of drug-likeness (QED) is 0.192. The predicted octanol–water partition coefficient (Wildman–Crippen LogP) is 5.08. The first-order valence-corrected chi connectivity index (χ1v) is 11.6. The molecule has 0 atom stereocenters. The Morgan fingerprint density at radius 1 is 0.655 bits per heavy atom. The van der Waals surface area contributed by atoms with Gasteiger partial charge >= 0.3 is 11.9 Å². The second-order valence-corrected chi connectivity index (χ2v) is 7.67. The molecule has 0 bridgehead atoms. The topological polar surface area (TPSA) is 81.7 Å².